The number of hydrogen-bond acceptors (Lipinski definition) is 3. The van der Waals surface area contributed by atoms with Crippen molar-refractivity contribution in [3.63, 3.8) is 0 Å². The smallest absolute Gasteiger partial charge is 0.326 e. The first-order valence-corrected chi connectivity index (χ1v) is 7.47. The Morgan fingerprint density at radius 1 is 1.35 bits per heavy atom. The van der Waals surface area contributed by atoms with Gasteiger partial charge in [0.05, 0.1) is 0 Å². The fourth-order valence-corrected chi connectivity index (χ4v) is 3.09. The van der Waals surface area contributed by atoms with Crippen LogP contribution in [0.25, 0.3) is 0 Å². The number of amides is 1. The second-order valence-electron chi connectivity index (χ2n) is 4.64. The third-order valence-electron chi connectivity index (χ3n) is 3.26. The predicted octanol–water partition coefficient (Wildman–Crippen LogP) is 2.38. The number of carboxylic acid groups (broad SMARTS) is 1. The van der Waals surface area contributed by atoms with Gasteiger partial charge in [-0.1, -0.05) is 0 Å². The van der Waals surface area contributed by atoms with E-state index < -0.39 is 12.0 Å². The molecule has 1 aromatic carbocycles. The first-order valence-electron chi connectivity index (χ1n) is 6.48. The molecule has 1 amide bonds. The van der Waals surface area contributed by atoms with Crippen molar-refractivity contribution in [3.05, 3.63) is 30.1 Å². The molecule has 108 valence electrons. The van der Waals surface area contributed by atoms with Crippen molar-refractivity contribution in [2.45, 2.75) is 30.2 Å². The molecule has 1 fully saturated rings. The quantitative estimate of drug-likeness (QED) is 0.848. The number of halogens is 1. The molecule has 1 heterocycles. The molecule has 1 unspecified atom stereocenters. The molecule has 6 heteroatoms. The fraction of sp³-hybridized carbons (Fsp3) is 0.429. The third-order valence-corrected chi connectivity index (χ3v) is 4.27. The molecule has 1 atom stereocenters. The summed E-state index contributed by atoms with van der Waals surface area (Å²) < 4.78 is 12.7. The summed E-state index contributed by atoms with van der Waals surface area (Å²) in [5, 5.41) is 9.03. The number of aliphatic carboxylic acids is 1. The zero-order valence-corrected chi connectivity index (χ0v) is 11.7. The van der Waals surface area contributed by atoms with Crippen molar-refractivity contribution in [2.75, 3.05) is 12.3 Å². The summed E-state index contributed by atoms with van der Waals surface area (Å²) in [4.78, 5) is 25.4. The number of benzene rings is 1. The van der Waals surface area contributed by atoms with E-state index >= 15 is 0 Å². The number of carbonyl (C=O) groups excluding carboxylic acids is 1. The average Bonchev–Trinajstić information content (AvgIpc) is 2.90. The molecule has 1 saturated heterocycles. The lowest BCUT2D eigenvalue weighted by molar-refractivity contribution is -0.148. The maximum absolute atomic E-state index is 12.7. The second kappa shape index (κ2) is 6.74. The first kappa shape index (κ1) is 14.8. The van der Waals surface area contributed by atoms with E-state index in [1.165, 1.54) is 28.8 Å². The minimum Gasteiger partial charge on any atom is -0.480 e. The lowest BCUT2D eigenvalue weighted by Crippen LogP contribution is -2.40. The van der Waals surface area contributed by atoms with Gasteiger partial charge in [0.25, 0.3) is 0 Å². The zero-order chi connectivity index (χ0) is 14.5. The SMILES string of the molecule is O=C(O)C1CCCN1C(=O)CCSc1ccc(F)cc1. The van der Waals surface area contributed by atoms with E-state index in [-0.39, 0.29) is 11.7 Å². The summed E-state index contributed by atoms with van der Waals surface area (Å²) in [5.74, 6) is -0.772. The summed E-state index contributed by atoms with van der Waals surface area (Å²) >= 11 is 1.46. The second-order valence-corrected chi connectivity index (χ2v) is 5.80. The molecule has 1 aromatic rings. The number of hydrogen-bond donors (Lipinski definition) is 1. The Bertz CT molecular complexity index is 492. The molecule has 20 heavy (non-hydrogen) atoms. The van der Waals surface area contributed by atoms with Crippen LogP contribution in [0.1, 0.15) is 19.3 Å². The average molecular weight is 297 g/mol. The molecular weight excluding hydrogens is 281 g/mol. The van der Waals surface area contributed by atoms with Gasteiger partial charge in [0, 0.05) is 23.6 Å². The van der Waals surface area contributed by atoms with Crippen LogP contribution in [0.15, 0.2) is 29.2 Å². The third kappa shape index (κ3) is 3.72. The lowest BCUT2D eigenvalue weighted by atomic mass is 10.2. The van der Waals surface area contributed by atoms with Crippen LogP contribution in [0.4, 0.5) is 4.39 Å². The molecule has 0 bridgehead atoms. The summed E-state index contributed by atoms with van der Waals surface area (Å²) in [6.07, 6.45) is 1.58. The van der Waals surface area contributed by atoms with E-state index in [1.807, 2.05) is 0 Å². The molecule has 4 nitrogen and oxygen atoms in total. The summed E-state index contributed by atoms with van der Waals surface area (Å²) in [5.41, 5.74) is 0. The molecule has 0 aliphatic carbocycles. The maximum Gasteiger partial charge on any atom is 0.326 e. The highest BCUT2D eigenvalue weighted by atomic mass is 32.2. The number of rotatable bonds is 5. The Morgan fingerprint density at radius 2 is 2.05 bits per heavy atom. The lowest BCUT2D eigenvalue weighted by Gasteiger charge is -2.21. The highest BCUT2D eigenvalue weighted by Crippen LogP contribution is 2.22. The molecule has 1 aliphatic heterocycles. The van der Waals surface area contributed by atoms with Crippen LogP contribution in [0.3, 0.4) is 0 Å². The minimum atomic E-state index is -0.929. The van der Waals surface area contributed by atoms with Crippen LogP contribution in [0, 0.1) is 5.82 Å². The summed E-state index contributed by atoms with van der Waals surface area (Å²) in [6.45, 7) is 0.525. The standard InChI is InChI=1S/C14H16FNO3S/c15-10-3-5-11(6-4-10)20-9-7-13(17)16-8-1-2-12(16)14(18)19/h3-6,12H,1-2,7-9H2,(H,18,19). The largest absolute Gasteiger partial charge is 0.480 e. The number of likely N-dealkylation sites (tertiary alicyclic amines) is 1. The highest BCUT2D eigenvalue weighted by molar-refractivity contribution is 7.99. The molecule has 0 saturated carbocycles. The predicted molar refractivity (Wildman–Crippen MR) is 74.1 cm³/mol. The van der Waals surface area contributed by atoms with Gasteiger partial charge in [-0.15, -0.1) is 11.8 Å². The van der Waals surface area contributed by atoms with E-state index in [9.17, 15) is 14.0 Å². The molecular formula is C14H16FNO3S. The van der Waals surface area contributed by atoms with Gasteiger partial charge in [-0.25, -0.2) is 9.18 Å². The van der Waals surface area contributed by atoms with Gasteiger partial charge >= 0.3 is 5.97 Å². The minimum absolute atomic E-state index is 0.121. The fourth-order valence-electron chi connectivity index (χ4n) is 2.25. The summed E-state index contributed by atoms with van der Waals surface area (Å²) in [7, 11) is 0. The van der Waals surface area contributed by atoms with Crippen molar-refractivity contribution < 1.29 is 19.1 Å². The van der Waals surface area contributed by atoms with Crippen molar-refractivity contribution in [1.82, 2.24) is 4.90 Å². The monoisotopic (exact) mass is 297 g/mol. The van der Waals surface area contributed by atoms with Crippen molar-refractivity contribution >= 4 is 23.6 Å². The molecule has 0 aromatic heterocycles. The van der Waals surface area contributed by atoms with Crippen molar-refractivity contribution in [1.29, 1.82) is 0 Å². The van der Waals surface area contributed by atoms with Gasteiger partial charge in [-0.05, 0) is 37.1 Å². The Balaban J connectivity index is 1.80. The van der Waals surface area contributed by atoms with E-state index in [2.05, 4.69) is 0 Å². The van der Waals surface area contributed by atoms with E-state index in [1.54, 1.807) is 12.1 Å². The van der Waals surface area contributed by atoms with Crippen LogP contribution < -0.4 is 0 Å². The normalized spacial score (nSPS) is 18.2. The van der Waals surface area contributed by atoms with Crippen LogP contribution in [-0.2, 0) is 9.59 Å². The van der Waals surface area contributed by atoms with Crippen LogP contribution in [0.5, 0.6) is 0 Å². The van der Waals surface area contributed by atoms with Gasteiger partial charge in [0.1, 0.15) is 11.9 Å². The van der Waals surface area contributed by atoms with E-state index in [0.29, 0.717) is 25.1 Å². The van der Waals surface area contributed by atoms with Crippen LogP contribution in [-0.4, -0.2) is 40.2 Å². The van der Waals surface area contributed by atoms with Gasteiger partial charge in [-0.2, -0.15) is 0 Å². The molecule has 1 aliphatic rings. The number of nitrogens with zero attached hydrogens (tertiary/aromatic N) is 1. The number of carbonyl (C=O) groups is 2. The van der Waals surface area contributed by atoms with Gasteiger partial charge in [0.15, 0.2) is 0 Å². The highest BCUT2D eigenvalue weighted by Gasteiger charge is 2.33. The van der Waals surface area contributed by atoms with Gasteiger partial charge in [-0.3, -0.25) is 4.79 Å². The zero-order valence-electron chi connectivity index (χ0n) is 10.9. The topological polar surface area (TPSA) is 57.6 Å². The van der Waals surface area contributed by atoms with E-state index in [0.717, 1.165) is 11.3 Å². The molecule has 1 N–H and O–H groups in total. The van der Waals surface area contributed by atoms with Crippen LogP contribution in [0.2, 0.25) is 0 Å². The Labute approximate surface area is 121 Å². The Morgan fingerprint density at radius 3 is 2.70 bits per heavy atom. The number of carboxylic acids is 1. The molecule has 2 rings (SSSR count). The maximum atomic E-state index is 12.7. The van der Waals surface area contributed by atoms with Crippen molar-refractivity contribution in [3.8, 4) is 0 Å². The van der Waals surface area contributed by atoms with E-state index in [4.69, 9.17) is 5.11 Å². The Kier molecular flexibility index (Phi) is 5.00. The van der Waals surface area contributed by atoms with Crippen LogP contribution >= 0.6 is 11.8 Å². The van der Waals surface area contributed by atoms with Gasteiger partial charge in [0.2, 0.25) is 5.91 Å². The number of thioether (sulfide) groups is 1. The first-order chi connectivity index (χ1) is 9.58. The molecule has 0 spiro atoms. The summed E-state index contributed by atoms with van der Waals surface area (Å²) in [6, 6.07) is 5.43. The molecule has 0 radical (unpaired) electrons. The van der Waals surface area contributed by atoms with Gasteiger partial charge < -0.3 is 10.0 Å². The van der Waals surface area contributed by atoms with Crippen molar-refractivity contribution in [2.24, 2.45) is 0 Å². The Hall–Kier alpha value is -1.56.